The number of nitrogens with zero attached hydrogens (tertiary/aromatic N) is 2. The maximum absolute atomic E-state index is 5.89. The van der Waals surface area contributed by atoms with Crippen molar-refractivity contribution in [3.63, 3.8) is 0 Å². The molecule has 0 bridgehead atoms. The second-order valence-electron chi connectivity index (χ2n) is 4.61. The van der Waals surface area contributed by atoms with Crippen molar-refractivity contribution >= 4 is 51.9 Å². The number of benzene rings is 1. The van der Waals surface area contributed by atoms with Gasteiger partial charge in [0, 0.05) is 24.6 Å². The summed E-state index contributed by atoms with van der Waals surface area (Å²) in [4.78, 5) is 7.01. The van der Waals surface area contributed by atoms with Crippen molar-refractivity contribution in [3.8, 4) is 0 Å². The molecule has 1 aliphatic rings. The Hall–Kier alpha value is -0.430. The molecule has 2 heterocycles. The van der Waals surface area contributed by atoms with Crippen LogP contribution in [-0.4, -0.2) is 41.8 Å². The molecule has 19 heavy (non-hydrogen) atoms. The van der Waals surface area contributed by atoms with Gasteiger partial charge in [-0.25, -0.2) is 4.98 Å². The lowest BCUT2D eigenvalue weighted by molar-refractivity contribution is 0.000390. The molecule has 6 heteroatoms. The fourth-order valence-electron chi connectivity index (χ4n) is 2.28. The topological polar surface area (TPSA) is 25.4 Å². The molecule has 0 N–H and O–H groups in total. The first-order chi connectivity index (χ1) is 9.30. The molecule has 0 radical (unpaired) electrons. The third-order valence-electron chi connectivity index (χ3n) is 3.19. The van der Waals surface area contributed by atoms with Crippen LogP contribution in [0.25, 0.3) is 10.2 Å². The highest BCUT2D eigenvalue weighted by molar-refractivity contribution is 7.80. The van der Waals surface area contributed by atoms with E-state index in [1.807, 2.05) is 6.07 Å². The second-order valence-corrected chi connectivity index (χ2v) is 6.35. The molecule has 1 saturated heterocycles. The lowest BCUT2D eigenvalue weighted by Gasteiger charge is -2.37. The molecule has 1 aliphatic heterocycles. The summed E-state index contributed by atoms with van der Waals surface area (Å²) < 4.78 is 7.12. The van der Waals surface area contributed by atoms with E-state index in [0.29, 0.717) is 0 Å². The molecule has 2 atom stereocenters. The summed E-state index contributed by atoms with van der Waals surface area (Å²) >= 11 is 10.4. The van der Waals surface area contributed by atoms with Gasteiger partial charge in [0.2, 0.25) is 0 Å². The Labute approximate surface area is 127 Å². The Morgan fingerprint density at radius 2 is 1.89 bits per heavy atom. The van der Waals surface area contributed by atoms with Crippen LogP contribution in [0.4, 0.5) is 5.13 Å². The lowest BCUT2D eigenvalue weighted by atomic mass is 10.2. The van der Waals surface area contributed by atoms with E-state index in [0.717, 1.165) is 35.2 Å². The number of para-hydroxylation sites is 1. The van der Waals surface area contributed by atoms with Gasteiger partial charge < -0.3 is 9.64 Å². The van der Waals surface area contributed by atoms with E-state index in [9.17, 15) is 0 Å². The van der Waals surface area contributed by atoms with Crippen molar-refractivity contribution < 1.29 is 4.74 Å². The normalized spacial score (nSPS) is 24.0. The zero-order valence-corrected chi connectivity index (χ0v) is 13.0. The molecule has 0 saturated carbocycles. The zero-order chi connectivity index (χ0) is 13.2. The minimum absolute atomic E-state index is 0.154. The summed E-state index contributed by atoms with van der Waals surface area (Å²) in [6.07, 6.45) is 0.308. The third kappa shape index (κ3) is 2.86. The highest BCUT2D eigenvalue weighted by Gasteiger charge is 2.28. The van der Waals surface area contributed by atoms with Crippen LogP contribution < -0.4 is 4.90 Å². The molecule has 0 aliphatic carbocycles. The van der Waals surface area contributed by atoms with Crippen LogP contribution in [0.3, 0.4) is 0 Å². The first kappa shape index (κ1) is 13.5. The van der Waals surface area contributed by atoms with E-state index in [1.54, 1.807) is 11.3 Å². The molecule has 3 nitrogen and oxygen atoms in total. The number of hydrogen-bond donors (Lipinski definition) is 2. The first-order valence-corrected chi connectivity index (χ1v) is 8.36. The highest BCUT2D eigenvalue weighted by atomic mass is 32.1. The third-order valence-corrected chi connectivity index (χ3v) is 5.11. The van der Waals surface area contributed by atoms with Gasteiger partial charge in [-0.15, -0.1) is 0 Å². The van der Waals surface area contributed by atoms with Crippen molar-refractivity contribution in [3.05, 3.63) is 24.3 Å². The van der Waals surface area contributed by atoms with Gasteiger partial charge in [-0.05, 0) is 12.1 Å². The number of morpholine rings is 1. The van der Waals surface area contributed by atoms with E-state index in [1.165, 1.54) is 4.70 Å². The van der Waals surface area contributed by atoms with Crippen LogP contribution in [0.15, 0.2) is 24.3 Å². The van der Waals surface area contributed by atoms with E-state index in [2.05, 4.69) is 48.4 Å². The number of fused-ring (bicyclic) bond motifs is 1. The van der Waals surface area contributed by atoms with Crippen LogP contribution in [-0.2, 0) is 4.74 Å². The Morgan fingerprint density at radius 1 is 1.21 bits per heavy atom. The van der Waals surface area contributed by atoms with Gasteiger partial charge >= 0.3 is 0 Å². The number of anilines is 1. The van der Waals surface area contributed by atoms with Crippen LogP contribution in [0.1, 0.15) is 0 Å². The van der Waals surface area contributed by atoms with Crippen LogP contribution in [0.2, 0.25) is 0 Å². The van der Waals surface area contributed by atoms with Gasteiger partial charge in [0.05, 0.1) is 22.4 Å². The number of thiazole rings is 1. The van der Waals surface area contributed by atoms with E-state index in [4.69, 9.17) is 9.72 Å². The van der Waals surface area contributed by atoms with Gasteiger partial charge in [0.1, 0.15) is 0 Å². The molecular formula is C13H16N2OS3. The summed E-state index contributed by atoms with van der Waals surface area (Å²) in [6, 6.07) is 8.25. The maximum Gasteiger partial charge on any atom is 0.186 e. The molecule has 0 spiro atoms. The quantitative estimate of drug-likeness (QED) is 0.853. The van der Waals surface area contributed by atoms with E-state index < -0.39 is 0 Å². The van der Waals surface area contributed by atoms with Crippen LogP contribution in [0.5, 0.6) is 0 Å². The van der Waals surface area contributed by atoms with E-state index >= 15 is 0 Å². The monoisotopic (exact) mass is 312 g/mol. The number of hydrogen-bond acceptors (Lipinski definition) is 6. The van der Waals surface area contributed by atoms with Crippen molar-refractivity contribution in [1.29, 1.82) is 0 Å². The molecule has 1 fully saturated rings. The molecule has 1 aromatic heterocycles. The van der Waals surface area contributed by atoms with Gasteiger partial charge in [0.25, 0.3) is 0 Å². The van der Waals surface area contributed by atoms with Gasteiger partial charge in [-0.1, -0.05) is 23.5 Å². The molecule has 102 valence electrons. The van der Waals surface area contributed by atoms with E-state index in [-0.39, 0.29) is 12.2 Å². The first-order valence-electron chi connectivity index (χ1n) is 6.28. The largest absolute Gasteiger partial charge is 0.370 e. The molecule has 3 rings (SSSR count). The Balaban J connectivity index is 1.87. The number of ether oxygens (including phenoxy) is 1. The molecule has 2 unspecified atom stereocenters. The Kier molecular flexibility index (Phi) is 4.21. The predicted molar refractivity (Wildman–Crippen MR) is 88.2 cm³/mol. The molecule has 0 amide bonds. The molecular weight excluding hydrogens is 296 g/mol. The average Bonchev–Trinajstić information content (AvgIpc) is 2.90. The maximum atomic E-state index is 5.89. The molecule has 1 aromatic carbocycles. The Bertz CT molecular complexity index is 515. The minimum Gasteiger partial charge on any atom is -0.370 e. The Morgan fingerprint density at radius 3 is 2.53 bits per heavy atom. The van der Waals surface area contributed by atoms with Crippen LogP contribution >= 0.6 is 36.6 Å². The van der Waals surface area contributed by atoms with Crippen molar-refractivity contribution in [2.24, 2.45) is 0 Å². The van der Waals surface area contributed by atoms with Crippen LogP contribution in [0, 0.1) is 0 Å². The fourth-order valence-corrected chi connectivity index (χ4v) is 3.66. The predicted octanol–water partition coefficient (Wildman–Crippen LogP) is 2.73. The number of aromatic nitrogens is 1. The summed E-state index contributed by atoms with van der Waals surface area (Å²) in [5, 5.41) is 1.07. The standard InChI is InChI=1S/C13H16N2OS3/c17-7-9-5-15(6-10(8-18)16-9)13-14-11-3-1-2-4-12(11)19-13/h1-4,9-10,17-18H,5-8H2. The zero-order valence-electron chi connectivity index (χ0n) is 10.4. The average molecular weight is 312 g/mol. The second kappa shape index (κ2) is 5.91. The summed E-state index contributed by atoms with van der Waals surface area (Å²) in [7, 11) is 0. The van der Waals surface area contributed by atoms with Crippen molar-refractivity contribution in [2.75, 3.05) is 29.5 Å². The van der Waals surface area contributed by atoms with Gasteiger partial charge in [-0.3, -0.25) is 0 Å². The summed E-state index contributed by atoms with van der Waals surface area (Å²) in [6.45, 7) is 1.71. The smallest absolute Gasteiger partial charge is 0.186 e. The number of thiol groups is 2. The van der Waals surface area contributed by atoms with Gasteiger partial charge in [-0.2, -0.15) is 25.3 Å². The minimum atomic E-state index is 0.154. The fraction of sp³-hybridized carbons (Fsp3) is 0.462. The lowest BCUT2D eigenvalue weighted by Crippen LogP contribution is -2.49. The SMILES string of the molecule is SCC1CN(c2nc3ccccc3s2)CC(CS)O1. The van der Waals surface area contributed by atoms with Crippen molar-refractivity contribution in [2.45, 2.75) is 12.2 Å². The summed E-state index contributed by atoms with van der Waals surface area (Å²) in [5.41, 5.74) is 1.07. The van der Waals surface area contributed by atoms with Gasteiger partial charge in [0.15, 0.2) is 5.13 Å². The van der Waals surface area contributed by atoms with Crippen molar-refractivity contribution in [1.82, 2.24) is 4.98 Å². The highest BCUT2D eigenvalue weighted by Crippen LogP contribution is 2.30. The molecule has 2 aromatic rings. The number of rotatable bonds is 3. The summed E-state index contributed by atoms with van der Waals surface area (Å²) in [5.74, 6) is 1.46.